The van der Waals surface area contributed by atoms with Crippen molar-refractivity contribution in [1.29, 1.82) is 0 Å². The van der Waals surface area contributed by atoms with Crippen molar-refractivity contribution in [2.45, 2.75) is 12.5 Å². The molecule has 1 atom stereocenters. The second-order valence-corrected chi connectivity index (χ2v) is 8.64. The largest absolute Gasteiger partial charge is 0.457 e. The topological polar surface area (TPSA) is 114 Å². The van der Waals surface area contributed by atoms with Gasteiger partial charge in [-0.3, -0.25) is 4.79 Å². The molecule has 0 bridgehead atoms. The Labute approximate surface area is 163 Å². The Balaban J connectivity index is 1.41. The molecule has 3 N–H and O–H groups in total. The Bertz CT molecular complexity index is 930. The standard InChI is InChI=1S/C19H21N3O5S/c23-18(12-20-19(24)22-15-10-11-28(25,26)13-15)21-14-6-8-17(9-7-14)27-16-4-2-1-3-5-16/h1-9,15H,10-13H2,(H,21,23)(H2,20,22,24)/t15-/m0/s1. The van der Waals surface area contributed by atoms with Crippen molar-refractivity contribution in [3.63, 3.8) is 0 Å². The fourth-order valence-electron chi connectivity index (χ4n) is 2.74. The third kappa shape index (κ3) is 5.98. The molecule has 9 heteroatoms. The second kappa shape index (κ2) is 8.75. The molecule has 0 aliphatic carbocycles. The molecule has 0 radical (unpaired) electrons. The number of urea groups is 1. The van der Waals surface area contributed by atoms with Crippen molar-refractivity contribution < 1.29 is 22.7 Å². The van der Waals surface area contributed by atoms with Crippen molar-refractivity contribution in [3.8, 4) is 11.5 Å². The molecule has 0 aromatic heterocycles. The molecule has 3 amide bonds. The summed E-state index contributed by atoms with van der Waals surface area (Å²) in [5.41, 5.74) is 0.564. The molecule has 1 aliphatic rings. The van der Waals surface area contributed by atoms with Crippen molar-refractivity contribution in [3.05, 3.63) is 54.6 Å². The monoisotopic (exact) mass is 403 g/mol. The molecule has 28 heavy (non-hydrogen) atoms. The minimum absolute atomic E-state index is 0.0655. The lowest BCUT2D eigenvalue weighted by atomic mass is 10.3. The first-order chi connectivity index (χ1) is 13.4. The lowest BCUT2D eigenvalue weighted by molar-refractivity contribution is -0.115. The van der Waals surface area contributed by atoms with E-state index in [9.17, 15) is 18.0 Å². The van der Waals surface area contributed by atoms with Crippen LogP contribution in [0.4, 0.5) is 10.5 Å². The molecule has 0 saturated carbocycles. The summed E-state index contributed by atoms with van der Waals surface area (Å²) in [4.78, 5) is 23.7. The maximum absolute atomic E-state index is 12.0. The summed E-state index contributed by atoms with van der Waals surface area (Å²) in [6.45, 7) is -0.229. The number of amides is 3. The lowest BCUT2D eigenvalue weighted by Crippen LogP contribution is -2.45. The van der Waals surface area contributed by atoms with Gasteiger partial charge in [-0.1, -0.05) is 18.2 Å². The van der Waals surface area contributed by atoms with Gasteiger partial charge in [0.25, 0.3) is 0 Å². The summed E-state index contributed by atoms with van der Waals surface area (Å²) in [6.07, 6.45) is 0.388. The highest BCUT2D eigenvalue weighted by Crippen LogP contribution is 2.22. The Kier molecular flexibility index (Phi) is 6.15. The van der Waals surface area contributed by atoms with E-state index in [1.165, 1.54) is 0 Å². The van der Waals surface area contributed by atoms with Gasteiger partial charge in [0.05, 0.1) is 18.1 Å². The first-order valence-corrected chi connectivity index (χ1v) is 10.6. The molecule has 0 unspecified atom stereocenters. The van der Waals surface area contributed by atoms with Crippen molar-refractivity contribution in [2.75, 3.05) is 23.4 Å². The van der Waals surface area contributed by atoms with Gasteiger partial charge in [-0.05, 0) is 42.8 Å². The average Bonchev–Trinajstić information content (AvgIpc) is 3.01. The predicted molar refractivity (Wildman–Crippen MR) is 105 cm³/mol. The molecule has 8 nitrogen and oxygen atoms in total. The number of anilines is 1. The van der Waals surface area contributed by atoms with Crippen LogP contribution in [-0.4, -0.2) is 44.4 Å². The van der Waals surface area contributed by atoms with E-state index in [2.05, 4.69) is 16.0 Å². The zero-order valence-corrected chi connectivity index (χ0v) is 15.9. The molecular formula is C19H21N3O5S. The SMILES string of the molecule is O=C(CNC(=O)N[C@H]1CCS(=O)(=O)C1)Nc1ccc(Oc2ccccc2)cc1. The summed E-state index contributed by atoms with van der Waals surface area (Å²) in [5.74, 6) is 0.954. The Hall–Kier alpha value is -3.07. The number of benzene rings is 2. The zero-order valence-electron chi connectivity index (χ0n) is 15.1. The summed E-state index contributed by atoms with van der Waals surface area (Å²) in [7, 11) is -3.07. The van der Waals surface area contributed by atoms with Crippen LogP contribution in [0.3, 0.4) is 0 Å². The molecule has 2 aromatic carbocycles. The van der Waals surface area contributed by atoms with E-state index >= 15 is 0 Å². The number of carbonyl (C=O) groups is 2. The Morgan fingerprint density at radius 3 is 2.32 bits per heavy atom. The maximum atomic E-state index is 12.0. The molecule has 2 aromatic rings. The minimum Gasteiger partial charge on any atom is -0.457 e. The Morgan fingerprint density at radius 2 is 1.68 bits per heavy atom. The molecule has 148 valence electrons. The molecule has 1 aliphatic heterocycles. The van der Waals surface area contributed by atoms with E-state index in [1.807, 2.05) is 30.3 Å². The average molecular weight is 403 g/mol. The van der Waals surface area contributed by atoms with Crippen LogP contribution in [0.15, 0.2) is 54.6 Å². The van der Waals surface area contributed by atoms with Crippen LogP contribution in [0.1, 0.15) is 6.42 Å². The molecule has 1 heterocycles. The van der Waals surface area contributed by atoms with E-state index in [-0.39, 0.29) is 18.1 Å². The van der Waals surface area contributed by atoms with Crippen LogP contribution in [0.25, 0.3) is 0 Å². The number of hydrogen-bond acceptors (Lipinski definition) is 5. The zero-order chi connectivity index (χ0) is 20.0. The van der Waals surface area contributed by atoms with Crippen LogP contribution >= 0.6 is 0 Å². The van der Waals surface area contributed by atoms with Crippen LogP contribution < -0.4 is 20.7 Å². The van der Waals surface area contributed by atoms with Gasteiger partial charge in [-0.2, -0.15) is 0 Å². The molecule has 1 saturated heterocycles. The van der Waals surface area contributed by atoms with E-state index in [1.54, 1.807) is 24.3 Å². The van der Waals surface area contributed by atoms with Gasteiger partial charge in [0.15, 0.2) is 9.84 Å². The molecule has 3 rings (SSSR count). The van der Waals surface area contributed by atoms with E-state index in [4.69, 9.17) is 4.74 Å². The Morgan fingerprint density at radius 1 is 1.00 bits per heavy atom. The summed E-state index contributed by atoms with van der Waals surface area (Å²) in [5, 5.41) is 7.64. The summed E-state index contributed by atoms with van der Waals surface area (Å²) < 4.78 is 28.4. The van der Waals surface area contributed by atoms with E-state index < -0.39 is 27.8 Å². The minimum atomic E-state index is -3.07. The number of hydrogen-bond donors (Lipinski definition) is 3. The maximum Gasteiger partial charge on any atom is 0.315 e. The van der Waals surface area contributed by atoms with E-state index in [0.717, 1.165) is 0 Å². The highest BCUT2D eigenvalue weighted by Gasteiger charge is 2.28. The quantitative estimate of drug-likeness (QED) is 0.682. The predicted octanol–water partition coefficient (Wildman–Crippen LogP) is 1.90. The third-order valence-corrected chi connectivity index (χ3v) is 5.86. The number of nitrogens with one attached hydrogen (secondary N) is 3. The van der Waals surface area contributed by atoms with Gasteiger partial charge in [-0.25, -0.2) is 13.2 Å². The third-order valence-electron chi connectivity index (χ3n) is 4.09. The fraction of sp³-hybridized carbons (Fsp3) is 0.263. The van der Waals surface area contributed by atoms with Gasteiger partial charge in [0.1, 0.15) is 11.5 Å². The van der Waals surface area contributed by atoms with Crippen LogP contribution in [0, 0.1) is 0 Å². The number of rotatable bonds is 6. The highest BCUT2D eigenvalue weighted by molar-refractivity contribution is 7.91. The summed E-state index contributed by atoms with van der Waals surface area (Å²) in [6, 6.07) is 15.2. The first kappa shape index (κ1) is 19.7. The van der Waals surface area contributed by atoms with Crippen molar-refractivity contribution in [2.24, 2.45) is 0 Å². The van der Waals surface area contributed by atoms with Crippen molar-refractivity contribution >= 4 is 27.5 Å². The van der Waals surface area contributed by atoms with Gasteiger partial charge < -0.3 is 20.7 Å². The van der Waals surface area contributed by atoms with Gasteiger partial charge >= 0.3 is 6.03 Å². The van der Waals surface area contributed by atoms with Gasteiger partial charge in [0, 0.05) is 11.7 Å². The number of carbonyl (C=O) groups excluding carboxylic acids is 2. The van der Waals surface area contributed by atoms with Crippen LogP contribution in [0.5, 0.6) is 11.5 Å². The van der Waals surface area contributed by atoms with Gasteiger partial charge in [0.2, 0.25) is 5.91 Å². The van der Waals surface area contributed by atoms with Gasteiger partial charge in [-0.15, -0.1) is 0 Å². The number of sulfone groups is 1. The first-order valence-electron chi connectivity index (χ1n) is 8.77. The van der Waals surface area contributed by atoms with Crippen molar-refractivity contribution in [1.82, 2.24) is 10.6 Å². The van der Waals surface area contributed by atoms with Crippen LogP contribution in [-0.2, 0) is 14.6 Å². The normalized spacial score (nSPS) is 17.5. The highest BCUT2D eigenvalue weighted by atomic mass is 32.2. The summed E-state index contributed by atoms with van der Waals surface area (Å²) >= 11 is 0. The van der Waals surface area contributed by atoms with E-state index in [0.29, 0.717) is 23.6 Å². The lowest BCUT2D eigenvalue weighted by Gasteiger charge is -2.12. The molecule has 1 fully saturated rings. The smallest absolute Gasteiger partial charge is 0.315 e. The molecular weight excluding hydrogens is 382 g/mol. The fourth-order valence-corrected chi connectivity index (χ4v) is 4.42. The number of para-hydroxylation sites is 1. The second-order valence-electron chi connectivity index (χ2n) is 6.41. The van der Waals surface area contributed by atoms with Crippen LogP contribution in [0.2, 0.25) is 0 Å². The molecule has 0 spiro atoms. The number of ether oxygens (including phenoxy) is 1.